The zero-order valence-electron chi connectivity index (χ0n) is 17.0. The number of rotatable bonds is 8. The van der Waals surface area contributed by atoms with E-state index in [-0.39, 0.29) is 29.0 Å². The highest BCUT2D eigenvalue weighted by atomic mass is 35.5. The van der Waals surface area contributed by atoms with Gasteiger partial charge in [-0.25, -0.2) is 12.7 Å². The summed E-state index contributed by atoms with van der Waals surface area (Å²) < 4.78 is 31.7. The van der Waals surface area contributed by atoms with Gasteiger partial charge in [0.2, 0.25) is 15.9 Å². The molecule has 9 heteroatoms. The van der Waals surface area contributed by atoms with Gasteiger partial charge in [0.15, 0.2) is 0 Å². The molecule has 1 atom stereocenters. The predicted octanol–water partition coefficient (Wildman–Crippen LogP) is 2.72. The minimum Gasteiger partial charge on any atom is -0.492 e. The molecule has 2 rings (SSSR count). The molecular formula is C19H32ClN3O4S. The molecule has 1 aromatic carbocycles. The number of nitrogens with one attached hydrogen (secondary N) is 2. The molecule has 1 aliphatic rings. The lowest BCUT2D eigenvalue weighted by Crippen LogP contribution is -2.32. The van der Waals surface area contributed by atoms with E-state index in [1.165, 1.54) is 20.2 Å². The summed E-state index contributed by atoms with van der Waals surface area (Å²) in [6.07, 6.45) is 2.60. The van der Waals surface area contributed by atoms with Crippen LogP contribution in [0.2, 0.25) is 0 Å². The van der Waals surface area contributed by atoms with Crippen molar-refractivity contribution in [1.29, 1.82) is 0 Å². The van der Waals surface area contributed by atoms with Gasteiger partial charge in [-0.2, -0.15) is 0 Å². The quantitative estimate of drug-likeness (QED) is 0.658. The second-order valence-electron chi connectivity index (χ2n) is 7.20. The SMILES string of the molecule is CCOc1ccc(NC(=O)CC(C)C2CCNCC2)cc1S(=O)(=O)N(C)C.Cl. The first-order valence-corrected chi connectivity index (χ1v) is 10.9. The number of carbonyl (C=O) groups excluding carboxylic acids is 1. The molecule has 7 nitrogen and oxygen atoms in total. The van der Waals surface area contributed by atoms with Gasteiger partial charge in [-0.05, 0) is 62.9 Å². The van der Waals surface area contributed by atoms with E-state index in [4.69, 9.17) is 4.74 Å². The molecule has 1 aromatic rings. The van der Waals surface area contributed by atoms with Crippen LogP contribution in [0.25, 0.3) is 0 Å². The second-order valence-corrected chi connectivity index (χ2v) is 9.32. The van der Waals surface area contributed by atoms with E-state index in [1.807, 2.05) is 0 Å². The highest BCUT2D eigenvalue weighted by Crippen LogP contribution is 2.30. The van der Waals surface area contributed by atoms with Crippen molar-refractivity contribution in [3.8, 4) is 5.75 Å². The first-order valence-electron chi connectivity index (χ1n) is 9.45. The number of hydrogen-bond acceptors (Lipinski definition) is 5. The highest BCUT2D eigenvalue weighted by molar-refractivity contribution is 7.89. The molecule has 2 N–H and O–H groups in total. The fraction of sp³-hybridized carbons (Fsp3) is 0.632. The minimum atomic E-state index is -3.68. The van der Waals surface area contributed by atoms with Crippen molar-refractivity contribution in [3.05, 3.63) is 18.2 Å². The first-order chi connectivity index (χ1) is 12.8. The second kappa shape index (κ2) is 11.0. The molecule has 1 fully saturated rings. The van der Waals surface area contributed by atoms with E-state index in [1.54, 1.807) is 19.1 Å². The fourth-order valence-corrected chi connectivity index (χ4v) is 4.39. The van der Waals surface area contributed by atoms with Crippen LogP contribution in [0.3, 0.4) is 0 Å². The Hall–Kier alpha value is -1.35. The number of ether oxygens (including phenoxy) is 1. The third-order valence-corrected chi connectivity index (χ3v) is 6.82. The van der Waals surface area contributed by atoms with Crippen molar-refractivity contribution in [2.75, 3.05) is 39.1 Å². The van der Waals surface area contributed by atoms with E-state index in [0.29, 0.717) is 30.6 Å². The van der Waals surface area contributed by atoms with Crippen LogP contribution in [0.5, 0.6) is 5.75 Å². The Labute approximate surface area is 174 Å². The molecule has 1 aliphatic heterocycles. The van der Waals surface area contributed by atoms with Crippen molar-refractivity contribution in [2.24, 2.45) is 11.8 Å². The Morgan fingerprint density at radius 1 is 1.32 bits per heavy atom. The van der Waals surface area contributed by atoms with Crippen molar-refractivity contribution in [2.45, 2.75) is 38.0 Å². The minimum absolute atomic E-state index is 0. The molecule has 1 unspecified atom stereocenters. The summed E-state index contributed by atoms with van der Waals surface area (Å²) in [5, 5.41) is 6.17. The van der Waals surface area contributed by atoms with Gasteiger partial charge in [-0.3, -0.25) is 4.79 Å². The molecule has 1 saturated heterocycles. The zero-order valence-corrected chi connectivity index (χ0v) is 18.7. The van der Waals surface area contributed by atoms with Gasteiger partial charge >= 0.3 is 0 Å². The number of benzene rings is 1. The highest BCUT2D eigenvalue weighted by Gasteiger charge is 2.25. The smallest absolute Gasteiger partial charge is 0.246 e. The molecule has 160 valence electrons. The molecule has 0 bridgehead atoms. The van der Waals surface area contributed by atoms with Crippen molar-refractivity contribution >= 4 is 34.0 Å². The van der Waals surface area contributed by atoms with Gasteiger partial charge in [-0.15, -0.1) is 12.4 Å². The van der Waals surface area contributed by atoms with E-state index >= 15 is 0 Å². The summed E-state index contributed by atoms with van der Waals surface area (Å²) in [5.74, 6) is 1.02. The molecule has 1 amide bonds. The molecule has 28 heavy (non-hydrogen) atoms. The summed E-state index contributed by atoms with van der Waals surface area (Å²) in [6, 6.07) is 4.73. The molecular weight excluding hydrogens is 402 g/mol. The number of nitrogens with zero attached hydrogens (tertiary/aromatic N) is 1. The summed E-state index contributed by atoms with van der Waals surface area (Å²) in [4.78, 5) is 12.5. The largest absolute Gasteiger partial charge is 0.492 e. The fourth-order valence-electron chi connectivity index (χ4n) is 3.34. The van der Waals surface area contributed by atoms with E-state index in [2.05, 4.69) is 17.6 Å². The summed E-state index contributed by atoms with van der Waals surface area (Å²) in [5.41, 5.74) is 0.460. The predicted molar refractivity (Wildman–Crippen MR) is 114 cm³/mol. The standard InChI is InChI=1S/C19H31N3O4S.ClH/c1-5-26-17-7-6-16(13-18(17)27(24,25)22(3)4)21-19(23)12-14(2)15-8-10-20-11-9-15;/h6-7,13-15,20H,5,8-12H2,1-4H3,(H,21,23);1H. The number of anilines is 1. The van der Waals surface area contributed by atoms with Crippen LogP contribution in [0.1, 0.15) is 33.1 Å². The van der Waals surface area contributed by atoms with Crippen molar-refractivity contribution < 1.29 is 17.9 Å². The maximum atomic E-state index is 12.6. The van der Waals surface area contributed by atoms with Crippen LogP contribution in [-0.4, -0.2) is 52.4 Å². The van der Waals surface area contributed by atoms with Crippen LogP contribution in [0, 0.1) is 11.8 Å². The Kier molecular flexibility index (Phi) is 9.69. The van der Waals surface area contributed by atoms with Gasteiger partial charge in [0.25, 0.3) is 0 Å². The number of piperidine rings is 1. The van der Waals surface area contributed by atoms with Crippen molar-refractivity contribution in [3.63, 3.8) is 0 Å². The Morgan fingerprint density at radius 3 is 2.54 bits per heavy atom. The van der Waals surface area contributed by atoms with Gasteiger partial charge in [0, 0.05) is 26.2 Å². The third-order valence-electron chi connectivity index (χ3n) is 4.98. The lowest BCUT2D eigenvalue weighted by molar-refractivity contribution is -0.117. The first kappa shape index (κ1) is 24.7. The van der Waals surface area contributed by atoms with Gasteiger partial charge < -0.3 is 15.4 Å². The average molecular weight is 434 g/mol. The topological polar surface area (TPSA) is 87.7 Å². The number of amides is 1. The average Bonchev–Trinajstić information content (AvgIpc) is 2.63. The molecule has 0 aliphatic carbocycles. The summed E-state index contributed by atoms with van der Waals surface area (Å²) in [6.45, 7) is 6.26. The van der Waals surface area contributed by atoms with Gasteiger partial charge in [0.1, 0.15) is 10.6 Å². The Balaban J connectivity index is 0.00000392. The molecule has 1 heterocycles. The molecule has 0 spiro atoms. The van der Waals surface area contributed by atoms with Crippen LogP contribution in [-0.2, 0) is 14.8 Å². The van der Waals surface area contributed by atoms with Gasteiger partial charge in [-0.1, -0.05) is 6.92 Å². The van der Waals surface area contributed by atoms with E-state index in [0.717, 1.165) is 30.2 Å². The summed E-state index contributed by atoms with van der Waals surface area (Å²) in [7, 11) is -0.740. The van der Waals surface area contributed by atoms with E-state index < -0.39 is 10.0 Å². The third kappa shape index (κ3) is 6.34. The van der Waals surface area contributed by atoms with Crippen molar-refractivity contribution in [1.82, 2.24) is 9.62 Å². The Bertz CT molecular complexity index is 750. The Morgan fingerprint density at radius 2 is 1.96 bits per heavy atom. The molecule has 0 radical (unpaired) electrons. The molecule has 0 saturated carbocycles. The zero-order chi connectivity index (χ0) is 20.0. The maximum Gasteiger partial charge on any atom is 0.246 e. The van der Waals surface area contributed by atoms with Crippen LogP contribution in [0.15, 0.2) is 23.1 Å². The monoisotopic (exact) mass is 433 g/mol. The normalized spacial score (nSPS) is 16.3. The lowest BCUT2D eigenvalue weighted by atomic mass is 9.84. The molecule has 0 aromatic heterocycles. The lowest BCUT2D eigenvalue weighted by Gasteiger charge is -2.27. The van der Waals surface area contributed by atoms with E-state index in [9.17, 15) is 13.2 Å². The number of sulfonamides is 1. The summed E-state index contributed by atoms with van der Waals surface area (Å²) >= 11 is 0. The number of hydrogen-bond donors (Lipinski definition) is 2. The van der Waals surface area contributed by atoms with Crippen LogP contribution in [0.4, 0.5) is 5.69 Å². The number of halogens is 1. The van der Waals surface area contributed by atoms with Crippen LogP contribution < -0.4 is 15.4 Å². The maximum absolute atomic E-state index is 12.6. The number of carbonyl (C=O) groups is 1. The van der Waals surface area contributed by atoms with Crippen LogP contribution >= 0.6 is 12.4 Å². The van der Waals surface area contributed by atoms with Gasteiger partial charge in [0.05, 0.1) is 6.61 Å².